The van der Waals surface area contributed by atoms with E-state index in [4.69, 9.17) is 5.11 Å². The average Bonchev–Trinajstić information content (AvgIpc) is 3.29. The lowest BCUT2D eigenvalue weighted by Crippen LogP contribution is -2.46. The van der Waals surface area contributed by atoms with E-state index in [1.54, 1.807) is 12.1 Å². The second kappa shape index (κ2) is 6.15. The Labute approximate surface area is 127 Å². The van der Waals surface area contributed by atoms with Crippen molar-refractivity contribution in [2.24, 2.45) is 5.92 Å². The Morgan fingerprint density at radius 3 is 2.59 bits per heavy atom. The first-order valence-corrected chi connectivity index (χ1v) is 6.94. The molecule has 0 aliphatic heterocycles. The molecule has 1 aliphatic carbocycles. The first kappa shape index (κ1) is 16.0. The van der Waals surface area contributed by atoms with Gasteiger partial charge < -0.3 is 20.8 Å². The highest BCUT2D eigenvalue weighted by atomic mass is 16.4. The Balaban J connectivity index is 1.97. The SMILES string of the molecule is CC(O)(CNC(=O)c1cccc(NC(=O)C2CC2)c1)C(=O)O. The van der Waals surface area contributed by atoms with E-state index in [-0.39, 0.29) is 17.4 Å². The van der Waals surface area contributed by atoms with Gasteiger partial charge in [0, 0.05) is 17.2 Å². The molecule has 22 heavy (non-hydrogen) atoms. The van der Waals surface area contributed by atoms with Crippen LogP contribution in [-0.4, -0.2) is 40.1 Å². The molecule has 1 aromatic carbocycles. The molecule has 1 atom stereocenters. The summed E-state index contributed by atoms with van der Waals surface area (Å²) in [4.78, 5) is 34.4. The fraction of sp³-hybridized carbons (Fsp3) is 0.400. The van der Waals surface area contributed by atoms with Crippen LogP contribution in [0.25, 0.3) is 0 Å². The summed E-state index contributed by atoms with van der Waals surface area (Å²) in [5.74, 6) is -1.95. The number of carbonyl (C=O) groups excluding carboxylic acids is 2. The molecule has 1 aromatic rings. The van der Waals surface area contributed by atoms with Gasteiger partial charge in [-0.05, 0) is 38.0 Å². The van der Waals surface area contributed by atoms with E-state index < -0.39 is 24.0 Å². The number of aliphatic hydroxyl groups is 1. The summed E-state index contributed by atoms with van der Waals surface area (Å²) in [6.07, 6.45) is 1.77. The maximum Gasteiger partial charge on any atom is 0.337 e. The van der Waals surface area contributed by atoms with Crippen molar-refractivity contribution in [1.29, 1.82) is 0 Å². The van der Waals surface area contributed by atoms with Crippen LogP contribution in [0.2, 0.25) is 0 Å². The largest absolute Gasteiger partial charge is 0.479 e. The average molecular weight is 306 g/mol. The molecule has 0 saturated heterocycles. The van der Waals surface area contributed by atoms with Crippen LogP contribution in [0.3, 0.4) is 0 Å². The van der Waals surface area contributed by atoms with Crippen molar-refractivity contribution in [3.8, 4) is 0 Å². The molecule has 7 nitrogen and oxygen atoms in total. The molecule has 2 amide bonds. The molecular formula is C15H18N2O5. The van der Waals surface area contributed by atoms with Gasteiger partial charge in [0.2, 0.25) is 5.91 Å². The zero-order valence-electron chi connectivity index (χ0n) is 12.1. The molecule has 0 spiro atoms. The molecule has 4 N–H and O–H groups in total. The topological polar surface area (TPSA) is 116 Å². The Morgan fingerprint density at radius 2 is 2.00 bits per heavy atom. The van der Waals surface area contributed by atoms with E-state index in [1.807, 2.05) is 0 Å². The highest BCUT2D eigenvalue weighted by Gasteiger charge is 2.31. The minimum atomic E-state index is -2.03. The smallest absolute Gasteiger partial charge is 0.337 e. The highest BCUT2D eigenvalue weighted by molar-refractivity contribution is 5.98. The predicted octanol–water partition coefficient (Wildman–Crippen LogP) is 0.600. The molecule has 1 unspecified atom stereocenters. The summed E-state index contributed by atoms with van der Waals surface area (Å²) in [6.45, 7) is 0.682. The Bertz CT molecular complexity index is 608. The van der Waals surface area contributed by atoms with Gasteiger partial charge in [-0.25, -0.2) is 4.79 Å². The third-order valence-electron chi connectivity index (χ3n) is 3.39. The minimum Gasteiger partial charge on any atom is -0.479 e. The van der Waals surface area contributed by atoms with Crippen molar-refractivity contribution in [3.63, 3.8) is 0 Å². The lowest BCUT2D eigenvalue weighted by atomic mass is 10.1. The summed E-state index contributed by atoms with van der Waals surface area (Å²) < 4.78 is 0. The van der Waals surface area contributed by atoms with Crippen LogP contribution < -0.4 is 10.6 Å². The molecule has 7 heteroatoms. The van der Waals surface area contributed by atoms with E-state index >= 15 is 0 Å². The first-order chi connectivity index (χ1) is 10.3. The van der Waals surface area contributed by atoms with E-state index in [1.165, 1.54) is 12.1 Å². The monoisotopic (exact) mass is 306 g/mol. The van der Waals surface area contributed by atoms with Gasteiger partial charge in [0.15, 0.2) is 5.60 Å². The van der Waals surface area contributed by atoms with Crippen molar-refractivity contribution in [2.45, 2.75) is 25.4 Å². The van der Waals surface area contributed by atoms with E-state index in [0.717, 1.165) is 19.8 Å². The molecule has 2 rings (SSSR count). The number of anilines is 1. The number of carboxylic acid groups (broad SMARTS) is 1. The van der Waals surface area contributed by atoms with Crippen LogP contribution in [0.5, 0.6) is 0 Å². The Morgan fingerprint density at radius 1 is 1.32 bits per heavy atom. The summed E-state index contributed by atoms with van der Waals surface area (Å²) >= 11 is 0. The molecule has 0 radical (unpaired) electrons. The number of hydrogen-bond acceptors (Lipinski definition) is 4. The molecule has 1 saturated carbocycles. The van der Waals surface area contributed by atoms with Gasteiger partial charge in [0.1, 0.15) is 0 Å². The van der Waals surface area contributed by atoms with Crippen LogP contribution in [0.1, 0.15) is 30.1 Å². The van der Waals surface area contributed by atoms with Crippen LogP contribution >= 0.6 is 0 Å². The summed E-state index contributed by atoms with van der Waals surface area (Å²) in [7, 11) is 0. The number of nitrogens with one attached hydrogen (secondary N) is 2. The maximum atomic E-state index is 12.0. The molecular weight excluding hydrogens is 288 g/mol. The number of amides is 2. The van der Waals surface area contributed by atoms with Gasteiger partial charge in [-0.1, -0.05) is 6.07 Å². The van der Waals surface area contributed by atoms with Gasteiger partial charge in [-0.15, -0.1) is 0 Å². The Kier molecular flexibility index (Phi) is 4.46. The van der Waals surface area contributed by atoms with Gasteiger partial charge in [-0.3, -0.25) is 9.59 Å². The van der Waals surface area contributed by atoms with Crippen LogP contribution in [0.15, 0.2) is 24.3 Å². The lowest BCUT2D eigenvalue weighted by Gasteiger charge is -2.18. The normalized spacial score (nSPS) is 16.5. The number of hydrogen-bond donors (Lipinski definition) is 4. The fourth-order valence-corrected chi connectivity index (χ4v) is 1.76. The quantitative estimate of drug-likeness (QED) is 0.614. The molecule has 0 aromatic heterocycles. The molecule has 1 aliphatic rings. The van der Waals surface area contributed by atoms with Gasteiger partial charge >= 0.3 is 5.97 Å². The number of carbonyl (C=O) groups is 3. The maximum absolute atomic E-state index is 12.0. The van der Waals surface area contributed by atoms with Crippen molar-refractivity contribution in [1.82, 2.24) is 5.32 Å². The first-order valence-electron chi connectivity index (χ1n) is 6.94. The van der Waals surface area contributed by atoms with Crippen molar-refractivity contribution < 1.29 is 24.6 Å². The van der Waals surface area contributed by atoms with Crippen LogP contribution in [0.4, 0.5) is 5.69 Å². The second-order valence-corrected chi connectivity index (χ2v) is 5.61. The molecule has 0 bridgehead atoms. The number of benzene rings is 1. The number of aliphatic carboxylic acids is 1. The van der Waals surface area contributed by atoms with Crippen molar-refractivity contribution >= 4 is 23.5 Å². The zero-order chi connectivity index (χ0) is 16.3. The van der Waals surface area contributed by atoms with Gasteiger partial charge in [-0.2, -0.15) is 0 Å². The third kappa shape index (κ3) is 4.05. The van der Waals surface area contributed by atoms with E-state index in [0.29, 0.717) is 5.69 Å². The lowest BCUT2D eigenvalue weighted by molar-refractivity contribution is -0.155. The summed E-state index contributed by atoms with van der Waals surface area (Å²) in [5, 5.41) is 23.4. The minimum absolute atomic E-state index is 0.0585. The standard InChI is InChI=1S/C15H18N2O5/c1-15(22,14(20)21)8-16-12(18)10-3-2-4-11(7-10)17-13(19)9-5-6-9/h2-4,7,9,22H,5-6,8H2,1H3,(H,16,18)(H,17,19)(H,20,21). The predicted molar refractivity (Wildman–Crippen MR) is 78.4 cm³/mol. The summed E-state index contributed by atoms with van der Waals surface area (Å²) in [5.41, 5.74) is -1.25. The number of rotatable bonds is 6. The van der Waals surface area contributed by atoms with E-state index in [9.17, 15) is 19.5 Å². The third-order valence-corrected chi connectivity index (χ3v) is 3.39. The highest BCUT2D eigenvalue weighted by Crippen LogP contribution is 2.30. The van der Waals surface area contributed by atoms with Crippen LogP contribution in [-0.2, 0) is 9.59 Å². The fourth-order valence-electron chi connectivity index (χ4n) is 1.76. The molecule has 1 fully saturated rings. The second-order valence-electron chi connectivity index (χ2n) is 5.61. The molecule has 0 heterocycles. The van der Waals surface area contributed by atoms with Gasteiger partial charge in [0.05, 0.1) is 6.54 Å². The van der Waals surface area contributed by atoms with E-state index in [2.05, 4.69) is 10.6 Å². The summed E-state index contributed by atoms with van der Waals surface area (Å²) in [6, 6.07) is 6.33. The van der Waals surface area contributed by atoms with Gasteiger partial charge in [0.25, 0.3) is 5.91 Å². The Hall–Kier alpha value is -2.41. The van der Waals surface area contributed by atoms with Crippen molar-refractivity contribution in [2.75, 3.05) is 11.9 Å². The zero-order valence-corrected chi connectivity index (χ0v) is 12.1. The molecule has 118 valence electrons. The van der Waals surface area contributed by atoms with Crippen LogP contribution in [0, 0.1) is 5.92 Å². The number of carboxylic acids is 1. The van der Waals surface area contributed by atoms with Crippen molar-refractivity contribution in [3.05, 3.63) is 29.8 Å².